The second-order valence-electron chi connectivity index (χ2n) is 13.3. The minimum absolute atomic E-state index is 0.0259. The molecule has 0 unspecified atom stereocenters. The summed E-state index contributed by atoms with van der Waals surface area (Å²) in [5.74, 6) is 0.0259. The molecule has 0 aliphatic rings. The van der Waals surface area contributed by atoms with Crippen molar-refractivity contribution in [1.29, 1.82) is 0 Å². The van der Waals surface area contributed by atoms with Crippen molar-refractivity contribution in [3.8, 4) is 0 Å². The van der Waals surface area contributed by atoms with Crippen molar-refractivity contribution in [2.45, 2.75) is 232 Å². The largest absolute Gasteiger partial charge is 0.466 e. The van der Waals surface area contributed by atoms with Crippen molar-refractivity contribution in [2.24, 2.45) is 0 Å². The zero-order chi connectivity index (χ0) is 30.4. The lowest BCUT2D eigenvalue weighted by Gasteiger charge is -2.06. The van der Waals surface area contributed by atoms with E-state index in [2.05, 4.69) is 26.0 Å². The molecule has 250 valence electrons. The summed E-state index contributed by atoms with van der Waals surface area (Å²) in [6.07, 6.45) is 50.0. The van der Waals surface area contributed by atoms with Gasteiger partial charge in [-0.05, 0) is 38.5 Å². The Hall–Kier alpha value is -0.790. The number of hydrogen-bond donors (Lipinski definition) is 0. The third-order valence-corrected chi connectivity index (χ3v) is 8.90. The standard InChI is InChI=1S/C40H78O2/c1-3-5-7-9-11-13-15-17-19-20-21-22-23-24-25-26-28-30-32-34-36-38-40(41)42-39-37-35-33-31-29-27-18-16-14-12-10-8-6-4-2/h17,19H,3-16,18,20-39H2,1-2H3. The number of hydrogen-bond acceptors (Lipinski definition) is 2. The Morgan fingerprint density at radius 2 is 0.667 bits per heavy atom. The molecule has 0 aromatic rings. The minimum atomic E-state index is 0.0259. The number of carbonyl (C=O) groups excluding carboxylic acids is 1. The summed E-state index contributed by atoms with van der Waals surface area (Å²) in [6.45, 7) is 5.21. The third-order valence-electron chi connectivity index (χ3n) is 8.90. The molecule has 0 aromatic heterocycles. The Balaban J connectivity index is 3.17. The lowest BCUT2D eigenvalue weighted by molar-refractivity contribution is -0.143. The number of unbranched alkanes of at least 4 members (excludes halogenated alkanes) is 30. The Kier molecular flexibility index (Phi) is 37.5. The molecule has 0 aliphatic carbocycles. The zero-order valence-corrected chi connectivity index (χ0v) is 29.2. The van der Waals surface area contributed by atoms with Crippen LogP contribution in [0.15, 0.2) is 12.2 Å². The first-order valence-corrected chi connectivity index (χ1v) is 19.6. The van der Waals surface area contributed by atoms with Crippen molar-refractivity contribution < 1.29 is 9.53 Å². The van der Waals surface area contributed by atoms with Crippen molar-refractivity contribution in [3.05, 3.63) is 12.2 Å². The van der Waals surface area contributed by atoms with Crippen LogP contribution in [0.3, 0.4) is 0 Å². The molecule has 42 heavy (non-hydrogen) atoms. The van der Waals surface area contributed by atoms with Gasteiger partial charge in [0, 0.05) is 6.42 Å². The van der Waals surface area contributed by atoms with Gasteiger partial charge in [0.1, 0.15) is 0 Å². The smallest absolute Gasteiger partial charge is 0.305 e. The molecule has 0 amide bonds. The first kappa shape index (κ1) is 41.2. The summed E-state index contributed by atoms with van der Waals surface area (Å²) in [4.78, 5) is 12.0. The molecular formula is C40H78O2. The van der Waals surface area contributed by atoms with Crippen molar-refractivity contribution in [1.82, 2.24) is 0 Å². The van der Waals surface area contributed by atoms with E-state index in [0.29, 0.717) is 13.0 Å². The molecule has 0 atom stereocenters. The van der Waals surface area contributed by atoms with Crippen molar-refractivity contribution in [3.63, 3.8) is 0 Å². The minimum Gasteiger partial charge on any atom is -0.466 e. The maximum Gasteiger partial charge on any atom is 0.305 e. The fraction of sp³-hybridized carbons (Fsp3) is 0.925. The van der Waals surface area contributed by atoms with Crippen LogP contribution in [0.4, 0.5) is 0 Å². The maximum absolute atomic E-state index is 12.0. The number of ether oxygens (including phenoxy) is 1. The summed E-state index contributed by atoms with van der Waals surface area (Å²) < 4.78 is 5.45. The Bertz CT molecular complexity index is 526. The molecule has 0 bridgehead atoms. The monoisotopic (exact) mass is 591 g/mol. The second kappa shape index (κ2) is 38.2. The van der Waals surface area contributed by atoms with Crippen LogP contribution in [-0.2, 0) is 9.53 Å². The third kappa shape index (κ3) is 37.2. The van der Waals surface area contributed by atoms with Crippen LogP contribution in [0, 0.1) is 0 Å². The van der Waals surface area contributed by atoms with Crippen LogP contribution < -0.4 is 0 Å². The zero-order valence-electron chi connectivity index (χ0n) is 29.2. The predicted molar refractivity (Wildman–Crippen MR) is 188 cm³/mol. The normalized spacial score (nSPS) is 11.6. The van der Waals surface area contributed by atoms with E-state index in [9.17, 15) is 4.79 Å². The molecule has 0 aromatic carbocycles. The summed E-state index contributed by atoms with van der Waals surface area (Å²) in [5.41, 5.74) is 0. The number of allylic oxidation sites excluding steroid dienone is 2. The molecule has 0 heterocycles. The number of carbonyl (C=O) groups is 1. The molecule has 0 N–H and O–H groups in total. The van der Waals surface area contributed by atoms with Gasteiger partial charge in [0.25, 0.3) is 0 Å². The van der Waals surface area contributed by atoms with Gasteiger partial charge in [0.2, 0.25) is 0 Å². The fourth-order valence-electron chi connectivity index (χ4n) is 5.96. The molecule has 2 nitrogen and oxygen atoms in total. The van der Waals surface area contributed by atoms with Gasteiger partial charge < -0.3 is 4.74 Å². The van der Waals surface area contributed by atoms with Gasteiger partial charge in [-0.3, -0.25) is 4.79 Å². The van der Waals surface area contributed by atoms with E-state index < -0.39 is 0 Å². The van der Waals surface area contributed by atoms with Gasteiger partial charge in [-0.15, -0.1) is 0 Å². The van der Waals surface area contributed by atoms with Crippen molar-refractivity contribution in [2.75, 3.05) is 6.61 Å². The van der Waals surface area contributed by atoms with E-state index in [1.165, 1.54) is 199 Å². The SMILES string of the molecule is CCCCCCCCC=CCCCCCCCCCCCCCC(=O)OCCCCCCCCCCCCCCCC. The fourth-order valence-corrected chi connectivity index (χ4v) is 5.96. The van der Waals surface area contributed by atoms with Crippen LogP contribution in [-0.4, -0.2) is 12.6 Å². The molecule has 0 radical (unpaired) electrons. The summed E-state index contributed by atoms with van der Waals surface area (Å²) in [6, 6.07) is 0. The summed E-state index contributed by atoms with van der Waals surface area (Å²) >= 11 is 0. The molecular weight excluding hydrogens is 512 g/mol. The van der Waals surface area contributed by atoms with Gasteiger partial charge in [-0.25, -0.2) is 0 Å². The second-order valence-corrected chi connectivity index (χ2v) is 13.3. The Morgan fingerprint density at radius 3 is 1.02 bits per heavy atom. The lowest BCUT2D eigenvalue weighted by atomic mass is 10.0. The highest BCUT2D eigenvalue weighted by Crippen LogP contribution is 2.15. The van der Waals surface area contributed by atoms with Crippen LogP contribution in [0.1, 0.15) is 232 Å². The van der Waals surface area contributed by atoms with Crippen LogP contribution >= 0.6 is 0 Å². The topological polar surface area (TPSA) is 26.3 Å². The van der Waals surface area contributed by atoms with Crippen LogP contribution in [0.5, 0.6) is 0 Å². The Labute approximate surface area is 266 Å². The first-order valence-electron chi connectivity index (χ1n) is 19.6. The first-order chi connectivity index (χ1) is 20.8. The highest BCUT2D eigenvalue weighted by Gasteiger charge is 2.03. The Morgan fingerprint density at radius 1 is 0.381 bits per heavy atom. The molecule has 2 heteroatoms. The van der Waals surface area contributed by atoms with E-state index in [1.807, 2.05) is 0 Å². The van der Waals surface area contributed by atoms with Crippen LogP contribution in [0.2, 0.25) is 0 Å². The molecule has 0 fully saturated rings. The summed E-state index contributed by atoms with van der Waals surface area (Å²) in [5, 5.41) is 0. The molecule has 0 saturated carbocycles. The van der Waals surface area contributed by atoms with E-state index >= 15 is 0 Å². The van der Waals surface area contributed by atoms with Gasteiger partial charge in [-0.1, -0.05) is 199 Å². The quantitative estimate of drug-likeness (QED) is 0.0412. The van der Waals surface area contributed by atoms with Gasteiger partial charge in [0.15, 0.2) is 0 Å². The highest BCUT2D eigenvalue weighted by atomic mass is 16.5. The van der Waals surface area contributed by atoms with E-state index in [-0.39, 0.29) is 5.97 Å². The van der Waals surface area contributed by atoms with E-state index in [1.54, 1.807) is 0 Å². The maximum atomic E-state index is 12.0. The number of rotatable bonds is 36. The predicted octanol–water partition coefficient (Wildman–Crippen LogP) is 14.4. The van der Waals surface area contributed by atoms with Gasteiger partial charge >= 0.3 is 5.97 Å². The van der Waals surface area contributed by atoms with Crippen LogP contribution in [0.25, 0.3) is 0 Å². The molecule has 0 spiro atoms. The lowest BCUT2D eigenvalue weighted by Crippen LogP contribution is -2.05. The molecule has 0 saturated heterocycles. The molecule has 0 rings (SSSR count). The number of esters is 1. The van der Waals surface area contributed by atoms with Gasteiger partial charge in [0.05, 0.1) is 6.61 Å². The van der Waals surface area contributed by atoms with E-state index in [4.69, 9.17) is 4.74 Å². The highest BCUT2D eigenvalue weighted by molar-refractivity contribution is 5.69. The summed E-state index contributed by atoms with van der Waals surface area (Å²) in [7, 11) is 0. The van der Waals surface area contributed by atoms with Gasteiger partial charge in [-0.2, -0.15) is 0 Å². The van der Waals surface area contributed by atoms with Crippen molar-refractivity contribution >= 4 is 5.97 Å². The van der Waals surface area contributed by atoms with E-state index in [0.717, 1.165) is 12.8 Å². The molecule has 0 aliphatic heterocycles. The average Bonchev–Trinajstić information content (AvgIpc) is 3.00. The average molecular weight is 591 g/mol.